The van der Waals surface area contributed by atoms with Gasteiger partial charge in [-0.1, -0.05) is 11.6 Å². The maximum Gasteiger partial charge on any atom is 0 e. The van der Waals surface area contributed by atoms with Gasteiger partial charge in [-0.3, -0.25) is 0 Å². The third-order valence-electron chi connectivity index (χ3n) is 2.12. The van der Waals surface area contributed by atoms with Crippen LogP contribution in [-0.4, -0.2) is 18.8 Å². The fourth-order valence-corrected chi connectivity index (χ4v) is 1.35. The Bertz CT molecular complexity index is 288. The number of hydrogen-bond donors (Lipinski definition) is 1. The van der Waals surface area contributed by atoms with Gasteiger partial charge in [0.2, 0.25) is 0 Å². The van der Waals surface area contributed by atoms with Crippen LogP contribution in [-0.2, 0) is 35.8 Å². The monoisotopic (exact) mass is 308 g/mol. The average molecular weight is 308 g/mol. The van der Waals surface area contributed by atoms with Gasteiger partial charge in [-0.2, -0.15) is 0 Å². The quantitative estimate of drug-likeness (QED) is 0.488. The van der Waals surface area contributed by atoms with E-state index in [0.717, 1.165) is 31.4 Å². The number of aliphatic hydroxyl groups is 1. The molecule has 0 saturated carbocycles. The molecule has 0 aliphatic heterocycles. The van der Waals surface area contributed by atoms with Crippen molar-refractivity contribution in [2.45, 2.75) is 25.7 Å². The van der Waals surface area contributed by atoms with E-state index in [1.165, 1.54) is 5.57 Å². The van der Waals surface area contributed by atoms with Crippen molar-refractivity contribution < 1.29 is 40.9 Å². The minimum absolute atomic E-state index is 0. The van der Waals surface area contributed by atoms with Gasteiger partial charge in [-0.05, 0) is 25.3 Å². The molecule has 0 amide bonds. The molecule has 1 aliphatic carbocycles. The summed E-state index contributed by atoms with van der Waals surface area (Å²) in [5, 5.41) is 8.63. The Kier molecular flexibility index (Phi) is 35.9. The third kappa shape index (κ3) is 17.0. The normalized spacial score (nSPS) is 10.9. The molecule has 0 aromatic rings. The number of allylic oxidation sites excluding steroid dienone is 4. The largest absolute Gasteiger partial charge is 0 e. The smallest absolute Gasteiger partial charge is 0 e. The summed E-state index contributed by atoms with van der Waals surface area (Å²) in [6.07, 6.45) is 8.12. The van der Waals surface area contributed by atoms with Crippen molar-refractivity contribution >= 4 is 0 Å². The van der Waals surface area contributed by atoms with Crippen LogP contribution >= 0.6 is 0 Å². The predicted molar refractivity (Wildman–Crippen MR) is 60.5 cm³/mol. The van der Waals surface area contributed by atoms with E-state index >= 15 is 0 Å². The van der Waals surface area contributed by atoms with Crippen LogP contribution in [0.25, 0.3) is 0 Å². The van der Waals surface area contributed by atoms with Gasteiger partial charge in [0.25, 0.3) is 0 Å². The molecular weight excluding hydrogens is 292 g/mol. The first-order chi connectivity index (χ1) is 8.86. The van der Waals surface area contributed by atoms with Gasteiger partial charge in [0.05, 0.1) is 12.9 Å². The first-order valence-electron chi connectivity index (χ1n) is 5.01. The van der Waals surface area contributed by atoms with Crippen LogP contribution in [0.1, 0.15) is 25.7 Å². The summed E-state index contributed by atoms with van der Waals surface area (Å²) >= 11 is 0. The summed E-state index contributed by atoms with van der Waals surface area (Å²) < 4.78 is 27.6. The number of hydrogen-bond acceptors (Lipinski definition) is 2. The van der Waals surface area contributed by atoms with Gasteiger partial charge >= 0.3 is 33.9 Å². The van der Waals surface area contributed by atoms with Crippen molar-refractivity contribution in [2.24, 2.45) is 0 Å². The molecule has 0 atom stereocenters. The van der Waals surface area contributed by atoms with E-state index in [2.05, 4.69) is 26.0 Å². The Morgan fingerprint density at radius 2 is 1.63 bits per heavy atom. The molecule has 1 aliphatic rings. The Morgan fingerprint density at radius 3 is 1.95 bits per heavy atom. The second kappa shape index (κ2) is 25.7. The Labute approximate surface area is 124 Å². The Balaban J connectivity index is -0.000000142. The van der Waals surface area contributed by atoms with Crippen molar-refractivity contribution in [1.82, 2.24) is 0 Å². The van der Waals surface area contributed by atoms with Crippen LogP contribution in [0, 0.1) is 20.0 Å². The molecule has 0 aromatic heterocycles. The first-order valence-corrected chi connectivity index (χ1v) is 5.01. The second-order valence-electron chi connectivity index (χ2n) is 2.99. The topological polar surface area (TPSA) is 89.2 Å². The standard InChI is InChI=1S/C10H16O2.3CO.Fe/c1-12-10-6-4-9(5-7-10)3-2-8-11;3*1-2;/h4,6,11H,2-3,5,7-8H2,1H3;;;;. The number of rotatable bonds is 4. The Hall–Kier alpha value is -1.02. The van der Waals surface area contributed by atoms with E-state index in [-0.39, 0.29) is 23.7 Å². The van der Waals surface area contributed by atoms with Crippen molar-refractivity contribution in [3.63, 3.8) is 0 Å². The molecule has 0 radical (unpaired) electrons. The van der Waals surface area contributed by atoms with Gasteiger partial charge in [-0.25, -0.2) is 0 Å². The Morgan fingerprint density at radius 1 is 1.11 bits per heavy atom. The van der Waals surface area contributed by atoms with Gasteiger partial charge in [0, 0.05) is 30.1 Å². The molecule has 0 saturated heterocycles. The van der Waals surface area contributed by atoms with Crippen LogP contribution in [0.2, 0.25) is 0 Å². The molecule has 1 rings (SSSR count). The van der Waals surface area contributed by atoms with E-state index in [1.807, 2.05) is 6.08 Å². The zero-order valence-corrected chi connectivity index (χ0v) is 11.7. The van der Waals surface area contributed by atoms with E-state index in [0.29, 0.717) is 0 Å². The van der Waals surface area contributed by atoms with E-state index in [9.17, 15) is 0 Å². The van der Waals surface area contributed by atoms with Crippen molar-refractivity contribution in [1.29, 1.82) is 0 Å². The van der Waals surface area contributed by atoms with Crippen molar-refractivity contribution in [2.75, 3.05) is 13.7 Å². The molecule has 6 heteroatoms. The van der Waals surface area contributed by atoms with Gasteiger partial charge in [0.1, 0.15) is 0 Å². The van der Waals surface area contributed by atoms with E-state index in [1.54, 1.807) is 7.11 Å². The second-order valence-corrected chi connectivity index (χ2v) is 2.99. The number of aliphatic hydroxyl groups excluding tert-OH is 1. The SMILES string of the molecule is COC1=CC=C(CCCO)CC1.[C-]#[O+].[C-]#[O+].[C-]#[O+].[Fe]. The van der Waals surface area contributed by atoms with Crippen molar-refractivity contribution in [3.05, 3.63) is 43.4 Å². The molecule has 0 unspecified atom stereocenters. The minimum Gasteiger partial charge on any atom is 0 e. The average Bonchev–Trinajstić information content (AvgIpc) is 2.51. The fourth-order valence-electron chi connectivity index (χ4n) is 1.35. The number of ether oxygens (including phenoxy) is 1. The molecule has 0 heterocycles. The fraction of sp³-hybridized carbons (Fsp3) is 0.462. The third-order valence-corrected chi connectivity index (χ3v) is 2.12. The molecule has 0 spiro atoms. The summed E-state index contributed by atoms with van der Waals surface area (Å²) in [6.45, 7) is 13.8. The summed E-state index contributed by atoms with van der Waals surface area (Å²) in [7, 11) is 1.71. The van der Waals surface area contributed by atoms with Crippen LogP contribution in [0.4, 0.5) is 0 Å². The summed E-state index contributed by atoms with van der Waals surface area (Å²) in [5.74, 6) is 1.06. The van der Waals surface area contributed by atoms with Crippen LogP contribution in [0.5, 0.6) is 0 Å². The summed E-state index contributed by atoms with van der Waals surface area (Å²) in [5.41, 5.74) is 1.42. The zero-order chi connectivity index (χ0) is 14.8. The maximum absolute atomic E-state index is 8.63. The van der Waals surface area contributed by atoms with E-state index in [4.69, 9.17) is 23.8 Å². The molecule has 0 aromatic carbocycles. The molecular formula is C13H16FeO5. The van der Waals surface area contributed by atoms with Crippen LogP contribution in [0.15, 0.2) is 23.5 Å². The molecule has 0 fully saturated rings. The molecule has 19 heavy (non-hydrogen) atoms. The number of methoxy groups -OCH3 is 1. The predicted octanol–water partition coefficient (Wildman–Crippen LogP) is 1.89. The maximum atomic E-state index is 8.63. The molecule has 5 nitrogen and oxygen atoms in total. The van der Waals surface area contributed by atoms with Gasteiger partial charge in [0.15, 0.2) is 0 Å². The van der Waals surface area contributed by atoms with Crippen LogP contribution in [0.3, 0.4) is 0 Å². The summed E-state index contributed by atoms with van der Waals surface area (Å²) in [6, 6.07) is 0. The molecule has 106 valence electrons. The summed E-state index contributed by atoms with van der Waals surface area (Å²) in [4.78, 5) is 0. The minimum atomic E-state index is 0. The van der Waals surface area contributed by atoms with Gasteiger partial charge < -0.3 is 9.84 Å². The van der Waals surface area contributed by atoms with Crippen LogP contribution < -0.4 is 0 Å². The zero-order valence-electron chi connectivity index (χ0n) is 10.6. The van der Waals surface area contributed by atoms with Crippen molar-refractivity contribution in [3.8, 4) is 0 Å². The molecule has 1 N–H and O–H groups in total. The van der Waals surface area contributed by atoms with E-state index < -0.39 is 0 Å². The first kappa shape index (κ1) is 26.5. The molecule has 0 bridgehead atoms. The van der Waals surface area contributed by atoms with Gasteiger partial charge in [-0.15, -0.1) is 0 Å².